The Bertz CT molecular complexity index is 480. The Hall–Kier alpha value is -2.10. The SMILES string of the molecule is CC1=CC=CC(C2C=CC=C(C(=O)O)O2)C1=O. The Morgan fingerprint density at radius 3 is 2.71 bits per heavy atom. The van der Waals surface area contributed by atoms with Crippen molar-refractivity contribution in [1.82, 2.24) is 0 Å². The molecule has 2 unspecified atom stereocenters. The average Bonchev–Trinajstić information content (AvgIpc) is 2.33. The zero-order valence-corrected chi connectivity index (χ0v) is 9.29. The van der Waals surface area contributed by atoms with Crippen LogP contribution in [0.2, 0.25) is 0 Å². The number of carbonyl (C=O) groups excluding carboxylic acids is 1. The highest BCUT2D eigenvalue weighted by Gasteiger charge is 2.30. The van der Waals surface area contributed by atoms with Gasteiger partial charge < -0.3 is 9.84 Å². The zero-order chi connectivity index (χ0) is 12.4. The number of hydrogen-bond acceptors (Lipinski definition) is 3. The summed E-state index contributed by atoms with van der Waals surface area (Å²) < 4.78 is 5.28. The lowest BCUT2D eigenvalue weighted by Crippen LogP contribution is -2.31. The number of Topliss-reactive ketones (excluding diaryl/α,β-unsaturated/α-hetero) is 1. The van der Waals surface area contributed by atoms with Crippen molar-refractivity contribution >= 4 is 11.8 Å². The van der Waals surface area contributed by atoms with Crippen molar-refractivity contribution in [3.05, 3.63) is 47.8 Å². The van der Waals surface area contributed by atoms with E-state index in [2.05, 4.69) is 0 Å². The molecular formula is C13H12O4. The van der Waals surface area contributed by atoms with Crippen molar-refractivity contribution in [1.29, 1.82) is 0 Å². The molecule has 0 saturated heterocycles. The van der Waals surface area contributed by atoms with Gasteiger partial charge in [0.1, 0.15) is 6.10 Å². The van der Waals surface area contributed by atoms with E-state index in [0.717, 1.165) is 0 Å². The van der Waals surface area contributed by atoms with E-state index in [1.807, 2.05) is 0 Å². The minimum Gasteiger partial charge on any atom is -0.478 e. The zero-order valence-electron chi connectivity index (χ0n) is 9.29. The number of hydrogen-bond donors (Lipinski definition) is 1. The second-order valence-corrected chi connectivity index (χ2v) is 3.93. The van der Waals surface area contributed by atoms with Crippen LogP contribution < -0.4 is 0 Å². The van der Waals surface area contributed by atoms with Gasteiger partial charge in [0.25, 0.3) is 0 Å². The first kappa shape index (κ1) is 11.4. The molecule has 0 aromatic heterocycles. The van der Waals surface area contributed by atoms with Crippen molar-refractivity contribution in [2.45, 2.75) is 13.0 Å². The highest BCUT2D eigenvalue weighted by Crippen LogP contribution is 2.24. The number of ketones is 1. The van der Waals surface area contributed by atoms with Gasteiger partial charge >= 0.3 is 5.97 Å². The molecule has 0 saturated carbocycles. The van der Waals surface area contributed by atoms with Gasteiger partial charge in [0.2, 0.25) is 5.76 Å². The second-order valence-electron chi connectivity index (χ2n) is 3.93. The molecule has 2 rings (SSSR count). The third-order valence-corrected chi connectivity index (χ3v) is 2.73. The van der Waals surface area contributed by atoms with Crippen molar-refractivity contribution in [3.63, 3.8) is 0 Å². The van der Waals surface area contributed by atoms with Gasteiger partial charge in [0.05, 0.1) is 5.92 Å². The predicted octanol–water partition coefficient (Wildman–Crippen LogP) is 1.61. The summed E-state index contributed by atoms with van der Waals surface area (Å²) in [5, 5.41) is 8.83. The van der Waals surface area contributed by atoms with E-state index in [1.54, 1.807) is 37.3 Å². The van der Waals surface area contributed by atoms with E-state index in [1.165, 1.54) is 6.08 Å². The number of ether oxygens (including phenoxy) is 1. The first-order chi connectivity index (χ1) is 8.09. The van der Waals surface area contributed by atoms with E-state index >= 15 is 0 Å². The molecule has 2 atom stereocenters. The quantitative estimate of drug-likeness (QED) is 0.785. The molecule has 88 valence electrons. The maximum atomic E-state index is 11.9. The molecule has 0 fully saturated rings. The topological polar surface area (TPSA) is 63.6 Å². The maximum absolute atomic E-state index is 11.9. The van der Waals surface area contributed by atoms with Crippen LogP contribution in [0.1, 0.15) is 6.92 Å². The number of carbonyl (C=O) groups is 2. The Kier molecular flexibility index (Phi) is 2.95. The molecule has 1 aliphatic carbocycles. The summed E-state index contributed by atoms with van der Waals surface area (Å²) in [5.74, 6) is -1.74. The predicted molar refractivity (Wildman–Crippen MR) is 61.1 cm³/mol. The molecule has 0 aromatic carbocycles. The van der Waals surface area contributed by atoms with Crippen LogP contribution in [0.15, 0.2) is 47.8 Å². The molecule has 0 bridgehead atoms. The lowest BCUT2D eigenvalue weighted by Gasteiger charge is -2.25. The summed E-state index contributed by atoms with van der Waals surface area (Å²) in [6.07, 6.45) is 9.38. The van der Waals surface area contributed by atoms with E-state index < -0.39 is 18.0 Å². The fraction of sp³-hybridized carbons (Fsp3) is 0.231. The van der Waals surface area contributed by atoms with E-state index in [0.29, 0.717) is 5.57 Å². The second kappa shape index (κ2) is 4.41. The average molecular weight is 232 g/mol. The maximum Gasteiger partial charge on any atom is 0.371 e. The van der Waals surface area contributed by atoms with E-state index in [9.17, 15) is 9.59 Å². The fourth-order valence-corrected chi connectivity index (χ4v) is 1.80. The van der Waals surface area contributed by atoms with Crippen LogP contribution in [0.3, 0.4) is 0 Å². The molecule has 0 spiro atoms. The molecule has 0 aromatic rings. The third kappa shape index (κ3) is 2.20. The molecule has 4 heteroatoms. The van der Waals surface area contributed by atoms with Crippen LogP contribution >= 0.6 is 0 Å². The lowest BCUT2D eigenvalue weighted by atomic mass is 9.88. The Balaban J connectivity index is 2.17. The van der Waals surface area contributed by atoms with Gasteiger partial charge in [0, 0.05) is 0 Å². The molecule has 1 aliphatic heterocycles. The lowest BCUT2D eigenvalue weighted by molar-refractivity contribution is -0.138. The number of aliphatic carboxylic acids is 1. The summed E-state index contributed by atoms with van der Waals surface area (Å²) in [5.41, 5.74) is 0.654. The van der Waals surface area contributed by atoms with Crippen molar-refractivity contribution in [2.75, 3.05) is 0 Å². The first-order valence-corrected chi connectivity index (χ1v) is 5.27. The van der Waals surface area contributed by atoms with Gasteiger partial charge in [-0.25, -0.2) is 4.79 Å². The van der Waals surface area contributed by atoms with Crippen molar-refractivity contribution in [3.8, 4) is 0 Å². The molecule has 0 amide bonds. The Labute approximate surface area is 98.6 Å². The highest BCUT2D eigenvalue weighted by atomic mass is 16.5. The largest absolute Gasteiger partial charge is 0.478 e. The summed E-state index contributed by atoms with van der Waals surface area (Å²) >= 11 is 0. The van der Waals surface area contributed by atoms with Gasteiger partial charge in [-0.1, -0.05) is 24.3 Å². The fourth-order valence-electron chi connectivity index (χ4n) is 1.80. The number of rotatable bonds is 2. The van der Waals surface area contributed by atoms with Gasteiger partial charge in [-0.15, -0.1) is 0 Å². The van der Waals surface area contributed by atoms with Crippen molar-refractivity contribution in [2.24, 2.45) is 5.92 Å². The minimum absolute atomic E-state index is 0.0335. The van der Waals surface area contributed by atoms with Crippen LogP contribution in [-0.4, -0.2) is 23.0 Å². The highest BCUT2D eigenvalue weighted by molar-refractivity contribution is 5.99. The molecule has 1 N–H and O–H groups in total. The molecule has 1 heterocycles. The number of allylic oxidation sites excluding steroid dienone is 5. The molecule has 4 nitrogen and oxygen atoms in total. The summed E-state index contributed by atoms with van der Waals surface area (Å²) in [7, 11) is 0. The van der Waals surface area contributed by atoms with Crippen LogP contribution in [0.4, 0.5) is 0 Å². The van der Waals surface area contributed by atoms with E-state index in [4.69, 9.17) is 9.84 Å². The normalized spacial score (nSPS) is 27.2. The molecule has 0 radical (unpaired) electrons. The third-order valence-electron chi connectivity index (χ3n) is 2.73. The van der Waals surface area contributed by atoms with Gasteiger partial charge in [-0.2, -0.15) is 0 Å². The standard InChI is InChI=1S/C13H12O4/c1-8-4-2-5-9(12(8)14)10-6-3-7-11(17-10)13(15)16/h2-7,9-10H,1H3,(H,15,16). The van der Waals surface area contributed by atoms with Crippen LogP contribution in [-0.2, 0) is 14.3 Å². The molecular weight excluding hydrogens is 220 g/mol. The van der Waals surface area contributed by atoms with Gasteiger partial charge in [0.15, 0.2) is 5.78 Å². The van der Waals surface area contributed by atoms with Crippen LogP contribution in [0.25, 0.3) is 0 Å². The minimum atomic E-state index is -1.13. The van der Waals surface area contributed by atoms with Crippen LogP contribution in [0.5, 0.6) is 0 Å². The Morgan fingerprint density at radius 1 is 1.29 bits per heavy atom. The van der Waals surface area contributed by atoms with Crippen molar-refractivity contribution < 1.29 is 19.4 Å². The van der Waals surface area contributed by atoms with Gasteiger partial charge in [-0.3, -0.25) is 4.79 Å². The Morgan fingerprint density at radius 2 is 2.00 bits per heavy atom. The summed E-state index contributed by atoms with van der Waals surface area (Å²) in [4.78, 5) is 22.7. The summed E-state index contributed by atoms with van der Waals surface area (Å²) in [6, 6.07) is 0. The first-order valence-electron chi connectivity index (χ1n) is 5.27. The van der Waals surface area contributed by atoms with E-state index in [-0.39, 0.29) is 11.5 Å². The van der Waals surface area contributed by atoms with Gasteiger partial charge in [-0.05, 0) is 24.6 Å². The van der Waals surface area contributed by atoms with Crippen LogP contribution in [0, 0.1) is 5.92 Å². The molecule has 17 heavy (non-hydrogen) atoms. The smallest absolute Gasteiger partial charge is 0.371 e. The number of carboxylic acid groups (broad SMARTS) is 1. The monoisotopic (exact) mass is 232 g/mol. The molecule has 2 aliphatic rings. The number of carboxylic acids is 1. The summed E-state index contributed by atoms with van der Waals surface area (Å²) in [6.45, 7) is 1.74.